The molecule has 3 heterocycles. The van der Waals surface area contributed by atoms with Crippen molar-refractivity contribution in [2.45, 2.75) is 38.6 Å². The number of amides is 3. The summed E-state index contributed by atoms with van der Waals surface area (Å²) in [5.74, 6) is -0.914. The molecule has 2 aliphatic heterocycles. The normalized spacial score (nSPS) is 21.8. The number of aromatic nitrogens is 2. The average Bonchev–Trinajstić information content (AvgIpc) is 3.20. The van der Waals surface area contributed by atoms with Gasteiger partial charge in [0.05, 0.1) is 41.7 Å². The van der Waals surface area contributed by atoms with Crippen molar-refractivity contribution in [1.82, 2.24) is 14.7 Å². The topological polar surface area (TPSA) is 90.7 Å². The molecule has 0 spiro atoms. The van der Waals surface area contributed by atoms with Gasteiger partial charge in [0.15, 0.2) is 0 Å². The first-order valence-electron chi connectivity index (χ1n) is 8.92. The van der Waals surface area contributed by atoms with Crippen molar-refractivity contribution in [2.24, 2.45) is 0 Å². The Bertz CT molecular complexity index is 949. The SMILES string of the molecule is C[C@H]1Cn2ncc(N3CCC(O)C3=O)c2CN1C(=O)Nc1ccc(F)c(Cl)c1. The predicted molar refractivity (Wildman–Crippen MR) is 101 cm³/mol. The molecule has 1 saturated heterocycles. The predicted octanol–water partition coefficient (Wildman–Crippen LogP) is 2.21. The molecule has 0 aliphatic carbocycles. The van der Waals surface area contributed by atoms with Crippen LogP contribution in [0.2, 0.25) is 5.02 Å². The second-order valence-corrected chi connectivity index (χ2v) is 7.40. The second-order valence-electron chi connectivity index (χ2n) is 6.99. The molecule has 8 nitrogen and oxygen atoms in total. The summed E-state index contributed by atoms with van der Waals surface area (Å²) in [6.45, 7) is 3.02. The standard InChI is InChI=1S/C18H19ClFN5O3/c1-10-8-25-15(14(7-21-25)23-5-4-16(26)17(23)27)9-24(10)18(28)22-11-2-3-13(20)12(19)6-11/h2-3,6-7,10,16,26H,4-5,8-9H2,1H3,(H,22,28)/t10-,16?/m0/s1. The summed E-state index contributed by atoms with van der Waals surface area (Å²) < 4.78 is 15.1. The number of anilines is 2. The van der Waals surface area contributed by atoms with E-state index in [0.717, 1.165) is 5.69 Å². The molecule has 1 unspecified atom stereocenters. The number of nitrogens with one attached hydrogen (secondary N) is 1. The lowest BCUT2D eigenvalue weighted by Gasteiger charge is -2.35. The van der Waals surface area contributed by atoms with Gasteiger partial charge in [0.2, 0.25) is 0 Å². The molecular formula is C18H19ClFN5O3. The fourth-order valence-electron chi connectivity index (χ4n) is 3.56. The van der Waals surface area contributed by atoms with Crippen molar-refractivity contribution < 1.29 is 19.1 Å². The molecule has 2 aliphatic rings. The summed E-state index contributed by atoms with van der Waals surface area (Å²) >= 11 is 5.77. The molecule has 2 atom stereocenters. The number of carbonyl (C=O) groups excluding carboxylic acids is 2. The smallest absolute Gasteiger partial charge is 0.322 e. The quantitative estimate of drug-likeness (QED) is 0.798. The molecule has 0 saturated carbocycles. The number of nitrogens with zero attached hydrogens (tertiary/aromatic N) is 4. The zero-order chi connectivity index (χ0) is 20.0. The summed E-state index contributed by atoms with van der Waals surface area (Å²) in [7, 11) is 0. The van der Waals surface area contributed by atoms with E-state index in [1.807, 2.05) is 6.92 Å². The number of hydrogen-bond donors (Lipinski definition) is 2. The van der Waals surface area contributed by atoms with Crippen LogP contribution in [0, 0.1) is 5.82 Å². The van der Waals surface area contributed by atoms with Crippen LogP contribution in [-0.4, -0.2) is 50.4 Å². The van der Waals surface area contributed by atoms with Gasteiger partial charge in [0, 0.05) is 18.7 Å². The van der Waals surface area contributed by atoms with Crippen LogP contribution in [0.15, 0.2) is 24.4 Å². The van der Waals surface area contributed by atoms with Crippen LogP contribution in [0.3, 0.4) is 0 Å². The lowest BCUT2D eigenvalue weighted by Crippen LogP contribution is -2.47. The van der Waals surface area contributed by atoms with Gasteiger partial charge in [-0.2, -0.15) is 5.10 Å². The molecule has 0 bridgehead atoms. The Morgan fingerprint density at radius 1 is 1.43 bits per heavy atom. The molecule has 1 aromatic heterocycles. The second kappa shape index (κ2) is 7.06. The van der Waals surface area contributed by atoms with Crippen LogP contribution < -0.4 is 10.2 Å². The molecule has 0 radical (unpaired) electrons. The van der Waals surface area contributed by atoms with Gasteiger partial charge in [0.1, 0.15) is 11.9 Å². The molecule has 10 heteroatoms. The van der Waals surface area contributed by atoms with Crippen molar-refractivity contribution >= 4 is 34.9 Å². The molecular weight excluding hydrogens is 389 g/mol. The minimum atomic E-state index is -0.999. The number of urea groups is 1. The number of rotatable bonds is 2. The Morgan fingerprint density at radius 3 is 2.89 bits per heavy atom. The lowest BCUT2D eigenvalue weighted by atomic mass is 10.2. The Kier molecular flexibility index (Phi) is 4.72. The first-order valence-corrected chi connectivity index (χ1v) is 9.29. The maximum atomic E-state index is 13.3. The maximum absolute atomic E-state index is 13.3. The van der Waals surface area contributed by atoms with E-state index in [1.165, 1.54) is 23.1 Å². The van der Waals surface area contributed by atoms with E-state index in [9.17, 15) is 19.1 Å². The van der Waals surface area contributed by atoms with Crippen LogP contribution in [-0.2, 0) is 17.9 Å². The Labute approximate surface area is 165 Å². The molecule has 1 fully saturated rings. The van der Waals surface area contributed by atoms with Gasteiger partial charge in [-0.05, 0) is 25.1 Å². The van der Waals surface area contributed by atoms with Crippen LogP contribution in [0.25, 0.3) is 0 Å². The number of fused-ring (bicyclic) bond motifs is 1. The number of benzene rings is 1. The van der Waals surface area contributed by atoms with Gasteiger partial charge in [-0.3, -0.25) is 9.48 Å². The first-order chi connectivity index (χ1) is 13.3. The van der Waals surface area contributed by atoms with Crippen molar-refractivity contribution in [3.63, 3.8) is 0 Å². The Balaban J connectivity index is 1.55. The highest BCUT2D eigenvalue weighted by molar-refractivity contribution is 6.31. The van der Waals surface area contributed by atoms with Crippen molar-refractivity contribution in [1.29, 1.82) is 0 Å². The summed E-state index contributed by atoms with van der Waals surface area (Å²) in [4.78, 5) is 28.1. The monoisotopic (exact) mass is 407 g/mol. The third kappa shape index (κ3) is 3.20. The van der Waals surface area contributed by atoms with Crippen LogP contribution in [0.1, 0.15) is 19.0 Å². The average molecular weight is 408 g/mol. The van der Waals surface area contributed by atoms with Crippen molar-refractivity contribution in [2.75, 3.05) is 16.8 Å². The van der Waals surface area contributed by atoms with Crippen LogP contribution in [0.4, 0.5) is 20.6 Å². The Morgan fingerprint density at radius 2 is 2.21 bits per heavy atom. The largest absolute Gasteiger partial charge is 0.383 e. The van der Waals surface area contributed by atoms with Gasteiger partial charge in [-0.15, -0.1) is 0 Å². The minimum Gasteiger partial charge on any atom is -0.383 e. The molecule has 2 aromatic rings. The van der Waals surface area contributed by atoms with E-state index in [1.54, 1.807) is 15.8 Å². The van der Waals surface area contributed by atoms with E-state index in [4.69, 9.17) is 11.6 Å². The van der Waals surface area contributed by atoms with E-state index in [2.05, 4.69) is 10.4 Å². The van der Waals surface area contributed by atoms with E-state index >= 15 is 0 Å². The molecule has 3 amide bonds. The molecule has 28 heavy (non-hydrogen) atoms. The fraction of sp³-hybridized carbons (Fsp3) is 0.389. The van der Waals surface area contributed by atoms with Crippen LogP contribution >= 0.6 is 11.6 Å². The van der Waals surface area contributed by atoms with Crippen molar-refractivity contribution in [3.05, 3.63) is 40.9 Å². The van der Waals surface area contributed by atoms with Gasteiger partial charge < -0.3 is 20.2 Å². The summed E-state index contributed by atoms with van der Waals surface area (Å²) in [6, 6.07) is 3.48. The van der Waals surface area contributed by atoms with E-state index in [0.29, 0.717) is 30.9 Å². The van der Waals surface area contributed by atoms with E-state index < -0.39 is 11.9 Å². The van der Waals surface area contributed by atoms with Gasteiger partial charge in [-0.25, -0.2) is 9.18 Å². The Hall–Kier alpha value is -2.65. The van der Waals surface area contributed by atoms with Gasteiger partial charge in [0.25, 0.3) is 5.91 Å². The molecule has 1 aromatic carbocycles. The number of aliphatic hydroxyl groups is 1. The fourth-order valence-corrected chi connectivity index (χ4v) is 3.74. The highest BCUT2D eigenvalue weighted by Crippen LogP contribution is 2.30. The summed E-state index contributed by atoms with van der Waals surface area (Å²) in [6.07, 6.45) is 0.967. The first kappa shape index (κ1) is 18.7. The number of aliphatic hydroxyl groups excluding tert-OH is 1. The molecule has 148 valence electrons. The highest BCUT2D eigenvalue weighted by atomic mass is 35.5. The third-order valence-corrected chi connectivity index (χ3v) is 5.41. The number of halogens is 2. The number of carbonyl (C=O) groups is 2. The van der Waals surface area contributed by atoms with Gasteiger partial charge >= 0.3 is 6.03 Å². The lowest BCUT2D eigenvalue weighted by molar-refractivity contribution is -0.124. The van der Waals surface area contributed by atoms with Gasteiger partial charge in [-0.1, -0.05) is 11.6 Å². The van der Waals surface area contributed by atoms with Crippen molar-refractivity contribution in [3.8, 4) is 0 Å². The molecule has 2 N–H and O–H groups in total. The highest BCUT2D eigenvalue weighted by Gasteiger charge is 2.36. The summed E-state index contributed by atoms with van der Waals surface area (Å²) in [5.41, 5.74) is 1.73. The third-order valence-electron chi connectivity index (χ3n) is 5.12. The molecule has 4 rings (SSSR count). The maximum Gasteiger partial charge on any atom is 0.322 e. The number of hydrogen-bond acceptors (Lipinski definition) is 4. The van der Waals surface area contributed by atoms with E-state index in [-0.39, 0.29) is 29.5 Å². The zero-order valence-electron chi connectivity index (χ0n) is 15.1. The van der Waals surface area contributed by atoms with Crippen LogP contribution in [0.5, 0.6) is 0 Å². The summed E-state index contributed by atoms with van der Waals surface area (Å²) in [5, 5.41) is 16.7. The zero-order valence-corrected chi connectivity index (χ0v) is 15.9. The minimum absolute atomic E-state index is 0.0732.